The fourth-order valence-corrected chi connectivity index (χ4v) is 4.28. The molecular weight excluding hydrogens is 345 g/mol. The first kappa shape index (κ1) is 17.0. The number of benzene rings is 1. The number of thiophene rings is 1. The number of aryl methyl sites for hydroxylation is 1. The fourth-order valence-electron chi connectivity index (χ4n) is 3.54. The van der Waals surface area contributed by atoms with E-state index in [0.717, 1.165) is 34.7 Å². The Hall–Kier alpha value is -2.47. The van der Waals surface area contributed by atoms with Crippen LogP contribution in [0.25, 0.3) is 21.7 Å². The minimum atomic E-state index is -0.290. The van der Waals surface area contributed by atoms with Gasteiger partial charge in [0, 0.05) is 22.5 Å². The molecule has 1 aromatic carbocycles. The maximum Gasteiger partial charge on any atom is 0.354 e. The van der Waals surface area contributed by atoms with Crippen LogP contribution in [0.3, 0.4) is 0 Å². The van der Waals surface area contributed by atoms with Crippen molar-refractivity contribution in [3.8, 4) is 27.4 Å². The molecule has 0 fully saturated rings. The molecule has 0 amide bonds. The van der Waals surface area contributed by atoms with E-state index in [9.17, 15) is 4.79 Å². The van der Waals surface area contributed by atoms with Crippen molar-refractivity contribution < 1.29 is 14.3 Å². The quantitative estimate of drug-likeness (QED) is 0.527. The standard InChI is InChI=1S/C20H18BNO3S/c1-3-25-20(23)16-11-14(18-5-4-8-26-18)19-13-10-15(21)17(24-2)9-12(13)6-7-22(16)19/h4-5,8-11H,3,6-7H2,1-2H3. The van der Waals surface area contributed by atoms with E-state index >= 15 is 0 Å². The Morgan fingerprint density at radius 2 is 2.15 bits per heavy atom. The third-order valence-electron chi connectivity index (χ3n) is 4.68. The molecule has 1 aliphatic rings. The molecule has 0 unspecified atom stereocenters. The van der Waals surface area contributed by atoms with Gasteiger partial charge in [0.1, 0.15) is 19.3 Å². The van der Waals surface area contributed by atoms with Gasteiger partial charge in [-0.3, -0.25) is 0 Å². The number of fused-ring (bicyclic) bond motifs is 3. The van der Waals surface area contributed by atoms with Crippen LogP contribution in [0.15, 0.2) is 35.7 Å². The number of hydrogen-bond acceptors (Lipinski definition) is 4. The zero-order valence-electron chi connectivity index (χ0n) is 14.7. The Morgan fingerprint density at radius 1 is 1.31 bits per heavy atom. The summed E-state index contributed by atoms with van der Waals surface area (Å²) < 4.78 is 12.7. The molecule has 0 aliphatic carbocycles. The zero-order valence-corrected chi connectivity index (χ0v) is 15.6. The lowest BCUT2D eigenvalue weighted by atomic mass is 9.86. The molecule has 26 heavy (non-hydrogen) atoms. The van der Waals surface area contributed by atoms with Crippen molar-refractivity contribution in [1.29, 1.82) is 0 Å². The van der Waals surface area contributed by atoms with Crippen molar-refractivity contribution in [3.05, 3.63) is 47.0 Å². The first-order chi connectivity index (χ1) is 12.6. The minimum absolute atomic E-state index is 0.290. The van der Waals surface area contributed by atoms with Gasteiger partial charge < -0.3 is 14.0 Å². The van der Waals surface area contributed by atoms with Gasteiger partial charge in [0.25, 0.3) is 0 Å². The first-order valence-electron chi connectivity index (χ1n) is 8.55. The van der Waals surface area contributed by atoms with E-state index in [-0.39, 0.29) is 5.97 Å². The molecule has 4 rings (SSSR count). The van der Waals surface area contributed by atoms with Gasteiger partial charge in [-0.1, -0.05) is 17.6 Å². The fraction of sp³-hybridized carbons (Fsp3) is 0.250. The second-order valence-electron chi connectivity index (χ2n) is 6.14. The van der Waals surface area contributed by atoms with Crippen LogP contribution in [0.4, 0.5) is 0 Å². The summed E-state index contributed by atoms with van der Waals surface area (Å²) in [5.74, 6) is 0.397. The highest BCUT2D eigenvalue weighted by molar-refractivity contribution is 7.13. The maximum absolute atomic E-state index is 12.5. The number of methoxy groups -OCH3 is 1. The average molecular weight is 363 g/mol. The van der Waals surface area contributed by atoms with Gasteiger partial charge in [-0.25, -0.2) is 4.79 Å². The van der Waals surface area contributed by atoms with E-state index < -0.39 is 0 Å². The third kappa shape index (κ3) is 2.65. The van der Waals surface area contributed by atoms with Crippen LogP contribution in [0.5, 0.6) is 5.75 Å². The van der Waals surface area contributed by atoms with Crippen LogP contribution in [0, 0.1) is 0 Å². The van der Waals surface area contributed by atoms with Gasteiger partial charge in [0.2, 0.25) is 0 Å². The second kappa shape index (κ2) is 6.69. The molecule has 130 valence electrons. The van der Waals surface area contributed by atoms with Gasteiger partial charge in [-0.05, 0) is 42.5 Å². The van der Waals surface area contributed by atoms with Gasteiger partial charge in [0.15, 0.2) is 0 Å². The monoisotopic (exact) mass is 363 g/mol. The van der Waals surface area contributed by atoms with Crippen molar-refractivity contribution in [3.63, 3.8) is 0 Å². The summed E-state index contributed by atoms with van der Waals surface area (Å²) in [6, 6.07) is 9.97. The highest BCUT2D eigenvalue weighted by Crippen LogP contribution is 2.42. The highest BCUT2D eigenvalue weighted by atomic mass is 32.1. The summed E-state index contributed by atoms with van der Waals surface area (Å²) in [5.41, 5.74) is 5.46. The van der Waals surface area contributed by atoms with Crippen molar-refractivity contribution in [2.45, 2.75) is 19.9 Å². The molecule has 0 spiro atoms. The Labute approximate surface area is 157 Å². The van der Waals surface area contributed by atoms with E-state index in [1.54, 1.807) is 18.4 Å². The first-order valence-corrected chi connectivity index (χ1v) is 9.43. The van der Waals surface area contributed by atoms with Crippen LogP contribution < -0.4 is 10.2 Å². The molecule has 0 atom stereocenters. The van der Waals surface area contributed by atoms with E-state index in [1.165, 1.54) is 5.56 Å². The summed E-state index contributed by atoms with van der Waals surface area (Å²) in [6.45, 7) is 2.89. The molecule has 4 nitrogen and oxygen atoms in total. The topological polar surface area (TPSA) is 40.5 Å². The van der Waals surface area contributed by atoms with Crippen molar-refractivity contribution in [2.75, 3.05) is 13.7 Å². The summed E-state index contributed by atoms with van der Waals surface area (Å²) in [5, 5.41) is 2.04. The molecule has 0 bridgehead atoms. The molecule has 0 saturated heterocycles. The van der Waals surface area contributed by atoms with Gasteiger partial charge in [0.05, 0.1) is 19.4 Å². The number of aromatic nitrogens is 1. The molecule has 3 heterocycles. The van der Waals surface area contributed by atoms with Crippen LogP contribution in [-0.2, 0) is 17.7 Å². The predicted octanol–water partition coefficient (Wildman–Crippen LogP) is 3.42. The van der Waals surface area contributed by atoms with Gasteiger partial charge >= 0.3 is 5.97 Å². The Kier molecular flexibility index (Phi) is 4.37. The van der Waals surface area contributed by atoms with E-state index in [2.05, 4.69) is 10.6 Å². The summed E-state index contributed by atoms with van der Waals surface area (Å²) in [6.07, 6.45) is 0.809. The minimum Gasteiger partial charge on any atom is -0.497 e. The lowest BCUT2D eigenvalue weighted by Gasteiger charge is -2.23. The number of carbonyl (C=O) groups is 1. The Balaban J connectivity index is 1.96. The normalized spacial score (nSPS) is 12.4. The maximum atomic E-state index is 12.5. The van der Waals surface area contributed by atoms with Crippen LogP contribution >= 0.6 is 11.3 Å². The second-order valence-corrected chi connectivity index (χ2v) is 7.09. The summed E-state index contributed by atoms with van der Waals surface area (Å²) >= 11 is 1.65. The van der Waals surface area contributed by atoms with Crippen LogP contribution in [0.2, 0.25) is 0 Å². The lowest BCUT2D eigenvalue weighted by molar-refractivity contribution is 0.0514. The Morgan fingerprint density at radius 3 is 2.85 bits per heavy atom. The smallest absolute Gasteiger partial charge is 0.354 e. The molecular formula is C20H18BNO3S. The highest BCUT2D eigenvalue weighted by Gasteiger charge is 2.28. The van der Waals surface area contributed by atoms with E-state index in [4.69, 9.17) is 17.3 Å². The predicted molar refractivity (Wildman–Crippen MR) is 105 cm³/mol. The molecule has 0 saturated carbocycles. The number of ether oxygens (including phenoxy) is 2. The molecule has 0 N–H and O–H groups in total. The summed E-state index contributed by atoms with van der Waals surface area (Å²) in [4.78, 5) is 13.6. The van der Waals surface area contributed by atoms with Crippen LogP contribution in [-0.4, -0.2) is 32.1 Å². The SMILES string of the molecule is [B]c1cc2c(cc1OC)CCn1c(C(=O)OCC)cc(-c3cccs3)c1-2. The largest absolute Gasteiger partial charge is 0.497 e. The van der Waals surface area contributed by atoms with Gasteiger partial charge in [-0.15, -0.1) is 11.3 Å². The Bertz CT molecular complexity index is 976. The van der Waals surface area contributed by atoms with Crippen LogP contribution in [0.1, 0.15) is 23.0 Å². The number of carbonyl (C=O) groups excluding carboxylic acids is 1. The number of hydrogen-bond donors (Lipinski definition) is 0. The van der Waals surface area contributed by atoms with Crippen molar-refractivity contribution >= 4 is 30.6 Å². The molecule has 3 aromatic rings. The molecule has 1 aliphatic heterocycles. The third-order valence-corrected chi connectivity index (χ3v) is 5.59. The van der Waals surface area contributed by atoms with E-state index in [1.807, 2.05) is 36.6 Å². The zero-order chi connectivity index (χ0) is 18.3. The van der Waals surface area contributed by atoms with Crippen molar-refractivity contribution in [1.82, 2.24) is 4.57 Å². The summed E-state index contributed by atoms with van der Waals surface area (Å²) in [7, 11) is 7.80. The molecule has 6 heteroatoms. The van der Waals surface area contributed by atoms with Gasteiger partial charge in [-0.2, -0.15) is 0 Å². The average Bonchev–Trinajstić information content (AvgIpc) is 3.28. The number of esters is 1. The molecule has 2 radical (unpaired) electrons. The van der Waals surface area contributed by atoms with Crippen molar-refractivity contribution in [2.24, 2.45) is 0 Å². The van der Waals surface area contributed by atoms with E-state index in [0.29, 0.717) is 23.5 Å². The molecule has 2 aromatic heterocycles. The number of rotatable bonds is 4. The number of nitrogens with zero attached hydrogens (tertiary/aromatic N) is 1. The lowest BCUT2D eigenvalue weighted by Crippen LogP contribution is -2.19.